The summed E-state index contributed by atoms with van der Waals surface area (Å²) < 4.78 is 11.2. The summed E-state index contributed by atoms with van der Waals surface area (Å²) in [5.74, 6) is 0.178. The van der Waals surface area contributed by atoms with Gasteiger partial charge in [-0.25, -0.2) is 4.79 Å². The number of hydrogen-bond acceptors (Lipinski definition) is 5. The van der Waals surface area contributed by atoms with Crippen LogP contribution in [0.4, 0.5) is 11.4 Å². The quantitative estimate of drug-likeness (QED) is 0.552. The van der Waals surface area contributed by atoms with E-state index in [4.69, 9.17) is 9.47 Å². The molecule has 1 heterocycles. The second-order valence-electron chi connectivity index (χ2n) is 8.16. The third-order valence-corrected chi connectivity index (χ3v) is 5.31. The molecule has 3 aromatic rings. The fourth-order valence-corrected chi connectivity index (χ4v) is 3.61. The van der Waals surface area contributed by atoms with Crippen molar-refractivity contribution < 1.29 is 19.1 Å². The third kappa shape index (κ3) is 4.75. The van der Waals surface area contributed by atoms with Gasteiger partial charge in [0, 0.05) is 0 Å². The van der Waals surface area contributed by atoms with Crippen LogP contribution in [0.1, 0.15) is 29.8 Å². The maximum Gasteiger partial charge on any atom is 0.338 e. The summed E-state index contributed by atoms with van der Waals surface area (Å²) in [4.78, 5) is 27.0. The van der Waals surface area contributed by atoms with Gasteiger partial charge in [-0.3, -0.25) is 4.79 Å². The molecule has 0 saturated heterocycles. The van der Waals surface area contributed by atoms with E-state index in [-0.39, 0.29) is 19.1 Å². The minimum Gasteiger partial charge on any atom is -0.489 e. The Labute approximate surface area is 187 Å². The number of carbonyl (C=O) groups is 2. The molecule has 32 heavy (non-hydrogen) atoms. The predicted molar refractivity (Wildman–Crippen MR) is 124 cm³/mol. The molecule has 0 fully saturated rings. The van der Waals surface area contributed by atoms with Crippen LogP contribution >= 0.6 is 0 Å². The van der Waals surface area contributed by atoms with Gasteiger partial charge < -0.3 is 19.7 Å². The van der Waals surface area contributed by atoms with E-state index in [0.29, 0.717) is 17.9 Å². The molecule has 0 saturated carbocycles. The van der Waals surface area contributed by atoms with Crippen molar-refractivity contribution in [2.45, 2.75) is 26.0 Å². The number of benzene rings is 3. The van der Waals surface area contributed by atoms with E-state index in [1.165, 1.54) is 0 Å². The van der Waals surface area contributed by atoms with Gasteiger partial charge in [-0.1, -0.05) is 42.5 Å². The molecular formula is C26H26N2O4. The first kappa shape index (κ1) is 21.4. The van der Waals surface area contributed by atoms with Gasteiger partial charge in [-0.2, -0.15) is 0 Å². The number of rotatable bonds is 7. The summed E-state index contributed by atoms with van der Waals surface area (Å²) in [5, 5.41) is 3.26. The summed E-state index contributed by atoms with van der Waals surface area (Å²) in [7, 11) is 0. The van der Waals surface area contributed by atoms with E-state index in [1.54, 1.807) is 29.2 Å². The normalized spacial score (nSPS) is 14.3. The predicted octanol–water partition coefficient (Wildman–Crippen LogP) is 4.66. The number of amides is 1. The highest BCUT2D eigenvalue weighted by Crippen LogP contribution is 2.34. The van der Waals surface area contributed by atoms with Crippen LogP contribution in [0.2, 0.25) is 0 Å². The van der Waals surface area contributed by atoms with Crippen LogP contribution in [0.25, 0.3) is 0 Å². The number of ether oxygens (including phenoxy) is 2. The fourth-order valence-electron chi connectivity index (χ4n) is 3.61. The lowest BCUT2D eigenvalue weighted by Gasteiger charge is -2.39. The molecule has 3 aromatic carbocycles. The Bertz CT molecular complexity index is 1090. The van der Waals surface area contributed by atoms with Crippen LogP contribution in [-0.2, 0) is 16.1 Å². The van der Waals surface area contributed by atoms with Gasteiger partial charge in [0.25, 0.3) is 5.91 Å². The van der Waals surface area contributed by atoms with Crippen molar-refractivity contribution in [2.24, 2.45) is 0 Å². The van der Waals surface area contributed by atoms with Gasteiger partial charge in [-0.15, -0.1) is 0 Å². The van der Waals surface area contributed by atoms with E-state index in [1.807, 2.05) is 68.4 Å². The Balaban J connectivity index is 1.32. The highest BCUT2D eigenvalue weighted by molar-refractivity contribution is 6.07. The number of carbonyl (C=O) groups excluding carboxylic acids is 2. The van der Waals surface area contributed by atoms with Crippen LogP contribution in [0, 0.1) is 0 Å². The summed E-state index contributed by atoms with van der Waals surface area (Å²) >= 11 is 0. The highest BCUT2D eigenvalue weighted by atomic mass is 16.5. The zero-order valence-corrected chi connectivity index (χ0v) is 18.2. The van der Waals surface area contributed by atoms with E-state index in [2.05, 4.69) is 5.32 Å². The Kier molecular flexibility index (Phi) is 6.12. The number of nitrogens with one attached hydrogen (secondary N) is 1. The molecule has 1 aliphatic rings. The first-order valence-electron chi connectivity index (χ1n) is 10.6. The molecule has 6 heteroatoms. The van der Waals surface area contributed by atoms with Crippen LogP contribution in [0.15, 0.2) is 78.9 Å². The van der Waals surface area contributed by atoms with Gasteiger partial charge >= 0.3 is 5.97 Å². The second-order valence-corrected chi connectivity index (χ2v) is 8.16. The van der Waals surface area contributed by atoms with Crippen molar-refractivity contribution in [1.29, 1.82) is 0 Å². The molecule has 164 valence electrons. The van der Waals surface area contributed by atoms with E-state index < -0.39 is 11.5 Å². The molecule has 6 nitrogen and oxygen atoms in total. The summed E-state index contributed by atoms with van der Waals surface area (Å²) in [6.45, 7) is 4.52. The van der Waals surface area contributed by atoms with Crippen molar-refractivity contribution in [3.05, 3.63) is 90.0 Å². The molecule has 1 aliphatic heterocycles. The van der Waals surface area contributed by atoms with Gasteiger partial charge in [0.15, 0.2) is 0 Å². The zero-order valence-electron chi connectivity index (χ0n) is 18.2. The molecule has 0 aromatic heterocycles. The average molecular weight is 431 g/mol. The van der Waals surface area contributed by atoms with Gasteiger partial charge in [0.2, 0.25) is 0 Å². The molecule has 0 spiro atoms. The highest BCUT2D eigenvalue weighted by Gasteiger charge is 2.38. The molecule has 1 amide bonds. The Morgan fingerprint density at radius 1 is 0.938 bits per heavy atom. The second kappa shape index (κ2) is 9.14. The van der Waals surface area contributed by atoms with Crippen molar-refractivity contribution in [3.8, 4) is 5.75 Å². The number of para-hydroxylation sites is 2. The first-order valence-corrected chi connectivity index (χ1v) is 10.6. The molecule has 0 aliphatic carbocycles. The lowest BCUT2D eigenvalue weighted by atomic mass is 9.98. The minimum atomic E-state index is -0.728. The smallest absolute Gasteiger partial charge is 0.338 e. The van der Waals surface area contributed by atoms with Gasteiger partial charge in [0.1, 0.15) is 24.5 Å². The number of fused-ring (bicyclic) bond motifs is 1. The molecule has 0 bridgehead atoms. The van der Waals surface area contributed by atoms with Crippen molar-refractivity contribution in [3.63, 3.8) is 0 Å². The van der Waals surface area contributed by atoms with Crippen LogP contribution in [0.3, 0.4) is 0 Å². The summed E-state index contributed by atoms with van der Waals surface area (Å²) in [6.07, 6.45) is 0. The lowest BCUT2D eigenvalue weighted by molar-refractivity contribution is -0.122. The maximum atomic E-state index is 12.9. The topological polar surface area (TPSA) is 67.9 Å². The van der Waals surface area contributed by atoms with Crippen LogP contribution < -0.4 is 15.0 Å². The Morgan fingerprint density at radius 3 is 2.38 bits per heavy atom. The average Bonchev–Trinajstić information content (AvgIpc) is 2.81. The molecule has 0 atom stereocenters. The van der Waals surface area contributed by atoms with Crippen LogP contribution in [-0.4, -0.2) is 30.6 Å². The molecule has 0 unspecified atom stereocenters. The number of anilines is 2. The SMILES string of the molecule is CC1(C)Nc2ccccc2N(CCOC(=O)c2ccc(OCc3ccccc3)cc2)C1=O. The standard InChI is InChI=1S/C26H26N2O4/c1-26(2)25(30)28(23-11-7-6-10-22(23)27-26)16-17-31-24(29)20-12-14-21(15-13-20)32-18-19-8-4-3-5-9-19/h3-15,27H,16-18H2,1-2H3. The van der Waals surface area contributed by atoms with E-state index in [0.717, 1.165) is 16.9 Å². The van der Waals surface area contributed by atoms with Crippen molar-refractivity contribution >= 4 is 23.3 Å². The minimum absolute atomic E-state index is 0.0628. The number of hydrogen-bond donors (Lipinski definition) is 1. The Morgan fingerprint density at radius 2 is 1.62 bits per heavy atom. The van der Waals surface area contributed by atoms with Crippen molar-refractivity contribution in [2.75, 3.05) is 23.4 Å². The number of nitrogens with zero attached hydrogens (tertiary/aromatic N) is 1. The largest absolute Gasteiger partial charge is 0.489 e. The lowest BCUT2D eigenvalue weighted by Crippen LogP contribution is -2.54. The fraction of sp³-hybridized carbons (Fsp3) is 0.231. The third-order valence-electron chi connectivity index (χ3n) is 5.31. The molecule has 4 rings (SSSR count). The molecule has 1 N–H and O–H groups in total. The van der Waals surface area contributed by atoms with Gasteiger partial charge in [-0.05, 0) is 55.8 Å². The summed E-state index contributed by atoms with van der Waals surface area (Å²) in [5.41, 5.74) is 2.45. The monoisotopic (exact) mass is 430 g/mol. The number of esters is 1. The van der Waals surface area contributed by atoms with E-state index >= 15 is 0 Å². The first-order chi connectivity index (χ1) is 15.4. The molecule has 0 radical (unpaired) electrons. The summed E-state index contributed by atoms with van der Waals surface area (Å²) in [6, 6.07) is 24.3. The van der Waals surface area contributed by atoms with Crippen LogP contribution in [0.5, 0.6) is 5.75 Å². The van der Waals surface area contributed by atoms with E-state index in [9.17, 15) is 9.59 Å². The van der Waals surface area contributed by atoms with Crippen molar-refractivity contribution in [1.82, 2.24) is 0 Å². The van der Waals surface area contributed by atoms with Gasteiger partial charge in [0.05, 0.1) is 23.5 Å². The Hall–Kier alpha value is -3.80. The molecular weight excluding hydrogens is 404 g/mol. The zero-order chi connectivity index (χ0) is 22.6. The maximum absolute atomic E-state index is 12.9.